The molecule has 0 saturated carbocycles. The van der Waals surface area contributed by atoms with Crippen molar-refractivity contribution in [2.75, 3.05) is 4.90 Å². The van der Waals surface area contributed by atoms with E-state index < -0.39 is 4.92 Å². The molecule has 0 aromatic heterocycles. The van der Waals surface area contributed by atoms with Crippen molar-refractivity contribution in [2.24, 2.45) is 0 Å². The first kappa shape index (κ1) is 14.3. The van der Waals surface area contributed by atoms with E-state index >= 15 is 0 Å². The molecule has 0 radical (unpaired) electrons. The Morgan fingerprint density at radius 3 is 2.68 bits per heavy atom. The fourth-order valence-electron chi connectivity index (χ4n) is 3.03. The largest absolute Gasteiger partial charge is 0.309 e. The number of anilines is 1. The molecule has 1 amide bonds. The van der Waals surface area contributed by atoms with Crippen molar-refractivity contribution < 1.29 is 9.72 Å². The molecule has 3 rings (SSSR count). The van der Waals surface area contributed by atoms with Crippen LogP contribution in [0.1, 0.15) is 18.1 Å². The molecule has 0 spiro atoms. The predicted octanol–water partition coefficient (Wildman–Crippen LogP) is 3.12. The van der Waals surface area contributed by atoms with E-state index in [1.807, 2.05) is 31.2 Å². The fraction of sp³-hybridized carbons (Fsp3) is 0.235. The van der Waals surface area contributed by atoms with Crippen LogP contribution in [0.3, 0.4) is 0 Å². The molecule has 0 bridgehead atoms. The first-order valence-corrected chi connectivity index (χ1v) is 7.20. The molecule has 1 unspecified atom stereocenters. The second-order valence-electron chi connectivity index (χ2n) is 5.51. The molecule has 1 heterocycles. The van der Waals surface area contributed by atoms with E-state index in [1.165, 1.54) is 6.07 Å². The van der Waals surface area contributed by atoms with E-state index in [1.54, 1.807) is 23.1 Å². The van der Waals surface area contributed by atoms with Gasteiger partial charge in [-0.3, -0.25) is 14.9 Å². The molecule has 112 valence electrons. The number of carbonyl (C=O) groups is 1. The molecule has 1 aliphatic heterocycles. The third kappa shape index (κ3) is 2.45. The van der Waals surface area contributed by atoms with Gasteiger partial charge in [0.05, 0.1) is 11.3 Å². The normalized spacial score (nSPS) is 16.4. The minimum atomic E-state index is -0.441. The van der Waals surface area contributed by atoms with Gasteiger partial charge in [-0.2, -0.15) is 0 Å². The average molecular weight is 296 g/mol. The summed E-state index contributed by atoms with van der Waals surface area (Å²) in [6, 6.07) is 14.3. The maximum Gasteiger partial charge on any atom is 0.273 e. The highest BCUT2D eigenvalue weighted by molar-refractivity contribution is 5.97. The monoisotopic (exact) mass is 296 g/mol. The first-order valence-electron chi connectivity index (χ1n) is 7.20. The van der Waals surface area contributed by atoms with Gasteiger partial charge in [-0.05, 0) is 25.0 Å². The molecule has 22 heavy (non-hydrogen) atoms. The van der Waals surface area contributed by atoms with Gasteiger partial charge in [0, 0.05) is 23.4 Å². The summed E-state index contributed by atoms with van der Waals surface area (Å²) in [4.78, 5) is 25.0. The van der Waals surface area contributed by atoms with E-state index in [0.29, 0.717) is 5.56 Å². The number of benzene rings is 2. The molecule has 0 N–H and O–H groups in total. The Labute approximate surface area is 128 Å². The number of para-hydroxylation sites is 2. The van der Waals surface area contributed by atoms with Crippen molar-refractivity contribution in [3.63, 3.8) is 0 Å². The van der Waals surface area contributed by atoms with Crippen molar-refractivity contribution in [1.82, 2.24) is 0 Å². The summed E-state index contributed by atoms with van der Waals surface area (Å²) >= 11 is 0. The molecule has 0 aliphatic carbocycles. The van der Waals surface area contributed by atoms with Gasteiger partial charge in [0.25, 0.3) is 5.69 Å². The molecule has 5 heteroatoms. The van der Waals surface area contributed by atoms with Crippen LogP contribution in [0.15, 0.2) is 48.5 Å². The van der Waals surface area contributed by atoms with Crippen molar-refractivity contribution >= 4 is 17.3 Å². The summed E-state index contributed by atoms with van der Waals surface area (Å²) in [5.41, 5.74) is 2.51. The minimum Gasteiger partial charge on any atom is -0.309 e. The fourth-order valence-corrected chi connectivity index (χ4v) is 3.03. The number of nitrogens with zero attached hydrogens (tertiary/aromatic N) is 2. The van der Waals surface area contributed by atoms with Crippen LogP contribution in [-0.4, -0.2) is 16.9 Å². The van der Waals surface area contributed by atoms with Crippen LogP contribution in [0, 0.1) is 10.1 Å². The maximum absolute atomic E-state index is 12.7. The van der Waals surface area contributed by atoms with E-state index in [0.717, 1.165) is 17.7 Å². The van der Waals surface area contributed by atoms with Crippen LogP contribution in [-0.2, 0) is 17.6 Å². The Hall–Kier alpha value is -2.69. The number of amides is 1. The van der Waals surface area contributed by atoms with Crippen molar-refractivity contribution in [1.29, 1.82) is 0 Å². The van der Waals surface area contributed by atoms with Crippen molar-refractivity contribution in [3.05, 3.63) is 69.8 Å². The van der Waals surface area contributed by atoms with Crippen LogP contribution in [0.25, 0.3) is 0 Å². The zero-order chi connectivity index (χ0) is 15.7. The summed E-state index contributed by atoms with van der Waals surface area (Å²) < 4.78 is 0. The van der Waals surface area contributed by atoms with Crippen molar-refractivity contribution in [3.8, 4) is 0 Å². The van der Waals surface area contributed by atoms with E-state index in [-0.39, 0.29) is 24.1 Å². The summed E-state index contributed by atoms with van der Waals surface area (Å²) in [6.45, 7) is 2.00. The Kier molecular flexibility index (Phi) is 3.63. The zero-order valence-electron chi connectivity index (χ0n) is 12.2. The van der Waals surface area contributed by atoms with E-state index in [9.17, 15) is 14.9 Å². The number of hydrogen-bond acceptors (Lipinski definition) is 3. The maximum atomic E-state index is 12.7. The van der Waals surface area contributed by atoms with E-state index in [4.69, 9.17) is 0 Å². The Morgan fingerprint density at radius 2 is 1.91 bits per heavy atom. The number of rotatable bonds is 3. The van der Waals surface area contributed by atoms with Crippen LogP contribution < -0.4 is 4.90 Å². The quantitative estimate of drug-likeness (QED) is 0.645. The first-order chi connectivity index (χ1) is 10.6. The molecule has 1 atom stereocenters. The van der Waals surface area contributed by atoms with Gasteiger partial charge in [-0.1, -0.05) is 36.4 Å². The van der Waals surface area contributed by atoms with Gasteiger partial charge < -0.3 is 4.90 Å². The lowest BCUT2D eigenvalue weighted by molar-refractivity contribution is -0.385. The van der Waals surface area contributed by atoms with Gasteiger partial charge in [-0.25, -0.2) is 0 Å². The van der Waals surface area contributed by atoms with E-state index in [2.05, 4.69) is 0 Å². The number of hydrogen-bond donors (Lipinski definition) is 0. The summed E-state index contributed by atoms with van der Waals surface area (Å²) in [6.07, 6.45) is 0.856. The van der Waals surface area contributed by atoms with Crippen LogP contribution in [0.5, 0.6) is 0 Å². The smallest absolute Gasteiger partial charge is 0.273 e. The minimum absolute atomic E-state index is 0.00372. The number of fused-ring (bicyclic) bond motifs is 1. The standard InChI is InChI=1S/C17H16N2O3/c1-12-10-13-6-2-4-8-15(13)18(12)17(20)11-14-7-3-5-9-16(14)19(21)22/h2-9,12H,10-11H2,1H3. The Bertz CT molecular complexity index is 742. The second kappa shape index (κ2) is 5.60. The second-order valence-corrected chi connectivity index (χ2v) is 5.51. The van der Waals surface area contributed by atoms with Gasteiger partial charge in [0.15, 0.2) is 0 Å². The molecule has 5 nitrogen and oxygen atoms in total. The topological polar surface area (TPSA) is 63.5 Å². The van der Waals surface area contributed by atoms with Gasteiger partial charge in [0.2, 0.25) is 5.91 Å². The number of nitro groups is 1. The lowest BCUT2D eigenvalue weighted by Crippen LogP contribution is -2.36. The summed E-state index contributed by atoms with van der Waals surface area (Å²) in [5, 5.41) is 11.1. The summed E-state index contributed by atoms with van der Waals surface area (Å²) in [5.74, 6) is -0.105. The highest BCUT2D eigenvalue weighted by Gasteiger charge is 2.31. The summed E-state index contributed by atoms with van der Waals surface area (Å²) in [7, 11) is 0. The van der Waals surface area contributed by atoms with Crippen LogP contribution >= 0.6 is 0 Å². The number of carbonyl (C=O) groups excluding carboxylic acids is 1. The van der Waals surface area contributed by atoms with Crippen molar-refractivity contribution in [2.45, 2.75) is 25.8 Å². The molecule has 2 aromatic carbocycles. The van der Waals surface area contributed by atoms with Crippen LogP contribution in [0.4, 0.5) is 11.4 Å². The van der Waals surface area contributed by atoms with Gasteiger partial charge >= 0.3 is 0 Å². The highest BCUT2D eigenvalue weighted by Crippen LogP contribution is 2.32. The SMILES string of the molecule is CC1Cc2ccccc2N1C(=O)Cc1ccccc1[N+](=O)[O-]. The van der Waals surface area contributed by atoms with Gasteiger partial charge in [0.1, 0.15) is 0 Å². The molecule has 1 aliphatic rings. The molecule has 0 saturated heterocycles. The van der Waals surface area contributed by atoms with Crippen LogP contribution in [0.2, 0.25) is 0 Å². The lowest BCUT2D eigenvalue weighted by atomic mass is 10.1. The zero-order valence-corrected chi connectivity index (χ0v) is 12.2. The third-order valence-corrected chi connectivity index (χ3v) is 4.01. The molecule has 0 fully saturated rings. The average Bonchev–Trinajstić information content (AvgIpc) is 2.83. The Morgan fingerprint density at radius 1 is 1.23 bits per heavy atom. The molecule has 2 aromatic rings. The number of nitro benzene ring substituents is 1. The predicted molar refractivity (Wildman–Crippen MR) is 83.9 cm³/mol. The Balaban J connectivity index is 1.89. The van der Waals surface area contributed by atoms with Gasteiger partial charge in [-0.15, -0.1) is 0 Å². The third-order valence-electron chi connectivity index (χ3n) is 4.01. The molecular weight excluding hydrogens is 280 g/mol. The lowest BCUT2D eigenvalue weighted by Gasteiger charge is -2.22. The highest BCUT2D eigenvalue weighted by atomic mass is 16.6. The molecular formula is C17H16N2O3.